The summed E-state index contributed by atoms with van der Waals surface area (Å²) in [6.45, 7) is 4.61. The first-order chi connectivity index (χ1) is 12.8. The number of aromatic amines is 1. The van der Waals surface area contributed by atoms with E-state index in [1.807, 2.05) is 24.3 Å². The van der Waals surface area contributed by atoms with Gasteiger partial charge < -0.3 is 19.9 Å². The number of carbonyl (C=O) groups excluding carboxylic acids is 2. The summed E-state index contributed by atoms with van der Waals surface area (Å²) < 4.78 is 0. The Hall–Kier alpha value is -2.60. The minimum absolute atomic E-state index is 0.171. The number of amides is 2. The summed E-state index contributed by atoms with van der Waals surface area (Å²) in [5.41, 5.74) is 1.15. The number of allylic oxidation sites excluding steroid dienone is 1. The lowest BCUT2D eigenvalue weighted by Crippen LogP contribution is -2.68. The Morgan fingerprint density at radius 2 is 2.00 bits per heavy atom. The molecule has 1 aromatic carbocycles. The number of H-pyrrole nitrogens is 1. The molecule has 3 aliphatic heterocycles. The minimum Gasteiger partial charge on any atom is -0.363 e. The SMILES string of the molecule is CC1(C)/C=C\N2C(=O)[C@]3(O)CCCN3C(=O)[C@@H]2Cc2c1[nH]c1ccccc21. The fourth-order valence-electron chi connectivity index (χ4n) is 4.83. The molecule has 2 aromatic rings. The summed E-state index contributed by atoms with van der Waals surface area (Å²) in [5, 5.41) is 12.0. The zero-order chi connectivity index (χ0) is 19.0. The molecule has 0 unspecified atom stereocenters. The van der Waals surface area contributed by atoms with Gasteiger partial charge in [0.25, 0.3) is 5.91 Å². The van der Waals surface area contributed by atoms with Crippen LogP contribution in [-0.2, 0) is 21.4 Å². The Morgan fingerprint density at radius 1 is 1.22 bits per heavy atom. The predicted octanol–water partition coefficient (Wildman–Crippen LogP) is 2.04. The van der Waals surface area contributed by atoms with Crippen LogP contribution in [0.5, 0.6) is 0 Å². The molecule has 6 heteroatoms. The first kappa shape index (κ1) is 16.6. The lowest BCUT2D eigenvalue weighted by molar-refractivity contribution is -0.189. The highest BCUT2D eigenvalue weighted by Gasteiger charge is 2.57. The number of benzene rings is 1. The summed E-state index contributed by atoms with van der Waals surface area (Å²) in [6, 6.07) is 7.44. The maximum Gasteiger partial charge on any atom is 0.280 e. The van der Waals surface area contributed by atoms with Crippen molar-refractivity contribution in [3.63, 3.8) is 0 Å². The van der Waals surface area contributed by atoms with E-state index in [0.29, 0.717) is 25.8 Å². The van der Waals surface area contributed by atoms with Gasteiger partial charge in [-0.1, -0.05) is 38.1 Å². The topological polar surface area (TPSA) is 76.6 Å². The lowest BCUT2D eigenvalue weighted by Gasteiger charge is -2.46. The van der Waals surface area contributed by atoms with Gasteiger partial charge in [0.05, 0.1) is 0 Å². The number of rotatable bonds is 0. The number of nitrogens with one attached hydrogen (secondary N) is 1. The van der Waals surface area contributed by atoms with Crippen LogP contribution in [0.15, 0.2) is 36.5 Å². The van der Waals surface area contributed by atoms with Crippen molar-refractivity contribution in [1.29, 1.82) is 0 Å². The maximum atomic E-state index is 13.2. The molecule has 2 N–H and O–H groups in total. The molecular formula is C21H23N3O3. The van der Waals surface area contributed by atoms with E-state index in [4.69, 9.17) is 0 Å². The van der Waals surface area contributed by atoms with Crippen LogP contribution < -0.4 is 0 Å². The molecule has 0 spiro atoms. The second-order valence-corrected chi connectivity index (χ2v) is 8.40. The van der Waals surface area contributed by atoms with Crippen LogP contribution in [0, 0.1) is 0 Å². The largest absolute Gasteiger partial charge is 0.363 e. The Kier molecular flexibility index (Phi) is 3.21. The molecule has 0 radical (unpaired) electrons. The molecule has 0 bridgehead atoms. The van der Waals surface area contributed by atoms with Crippen LogP contribution in [0.1, 0.15) is 37.9 Å². The van der Waals surface area contributed by atoms with Gasteiger partial charge in [0.2, 0.25) is 11.6 Å². The second-order valence-electron chi connectivity index (χ2n) is 8.40. The summed E-state index contributed by atoms with van der Waals surface area (Å²) in [7, 11) is 0. The number of hydrogen-bond donors (Lipinski definition) is 2. The van der Waals surface area contributed by atoms with Crippen molar-refractivity contribution >= 4 is 22.7 Å². The highest BCUT2D eigenvalue weighted by molar-refractivity contribution is 6.00. The molecule has 2 amide bonds. The van der Waals surface area contributed by atoms with Crippen molar-refractivity contribution in [2.24, 2.45) is 0 Å². The van der Waals surface area contributed by atoms with E-state index in [9.17, 15) is 14.7 Å². The number of fused-ring (bicyclic) bond motifs is 5. The first-order valence-corrected chi connectivity index (χ1v) is 9.49. The van der Waals surface area contributed by atoms with E-state index >= 15 is 0 Å². The smallest absolute Gasteiger partial charge is 0.280 e. The molecule has 2 atom stereocenters. The molecule has 2 saturated heterocycles. The molecule has 3 aliphatic rings. The van der Waals surface area contributed by atoms with Crippen LogP contribution in [0.3, 0.4) is 0 Å². The van der Waals surface area contributed by atoms with E-state index < -0.39 is 11.8 Å². The number of hydrogen-bond acceptors (Lipinski definition) is 3. The molecule has 4 heterocycles. The highest BCUT2D eigenvalue weighted by Crippen LogP contribution is 2.40. The van der Waals surface area contributed by atoms with Crippen molar-refractivity contribution < 1.29 is 14.7 Å². The van der Waals surface area contributed by atoms with Crippen LogP contribution in [0.2, 0.25) is 0 Å². The average molecular weight is 365 g/mol. The number of nitrogens with zero attached hydrogens (tertiary/aromatic N) is 2. The van der Waals surface area contributed by atoms with E-state index in [1.165, 1.54) is 9.80 Å². The van der Waals surface area contributed by atoms with Crippen molar-refractivity contribution in [2.45, 2.75) is 50.3 Å². The molecule has 1 aromatic heterocycles. The van der Waals surface area contributed by atoms with Crippen molar-refractivity contribution in [1.82, 2.24) is 14.8 Å². The van der Waals surface area contributed by atoms with Gasteiger partial charge in [0, 0.05) is 47.6 Å². The Balaban J connectivity index is 1.70. The number of aliphatic hydroxyl groups is 1. The molecule has 2 fully saturated rings. The molecule has 0 saturated carbocycles. The summed E-state index contributed by atoms with van der Waals surface area (Å²) in [5.74, 6) is -0.560. The lowest BCUT2D eigenvalue weighted by atomic mass is 9.82. The highest BCUT2D eigenvalue weighted by atomic mass is 16.3. The summed E-state index contributed by atoms with van der Waals surface area (Å²) in [4.78, 5) is 32.7. The Labute approximate surface area is 157 Å². The third-order valence-corrected chi connectivity index (χ3v) is 6.32. The van der Waals surface area contributed by atoms with Crippen molar-refractivity contribution in [3.05, 3.63) is 47.8 Å². The molecule has 27 heavy (non-hydrogen) atoms. The standard InChI is InChI=1S/C21H23N3O3/c1-20(2)9-11-23-16(18(25)24-10-5-8-21(24,27)19(23)26)12-14-13-6-3-4-7-15(13)22-17(14)20/h3-4,6-7,9,11,16,22,27H,5,8,10,12H2,1-2H3/b11-9-/t16-,21+/m0/s1. The molecule has 0 aliphatic carbocycles. The monoisotopic (exact) mass is 365 g/mol. The number of aromatic nitrogens is 1. The van der Waals surface area contributed by atoms with Crippen LogP contribution in [0.25, 0.3) is 10.9 Å². The van der Waals surface area contributed by atoms with Crippen LogP contribution >= 0.6 is 0 Å². The Bertz CT molecular complexity index is 1010. The predicted molar refractivity (Wildman–Crippen MR) is 101 cm³/mol. The van der Waals surface area contributed by atoms with Gasteiger partial charge in [-0.2, -0.15) is 0 Å². The van der Waals surface area contributed by atoms with Gasteiger partial charge in [0.15, 0.2) is 0 Å². The fraction of sp³-hybridized carbons (Fsp3) is 0.429. The minimum atomic E-state index is -1.69. The van der Waals surface area contributed by atoms with Crippen LogP contribution in [0.4, 0.5) is 0 Å². The molecule has 5 rings (SSSR count). The summed E-state index contributed by atoms with van der Waals surface area (Å²) >= 11 is 0. The Morgan fingerprint density at radius 3 is 2.81 bits per heavy atom. The van der Waals surface area contributed by atoms with Crippen LogP contribution in [-0.4, -0.2) is 50.0 Å². The summed E-state index contributed by atoms with van der Waals surface area (Å²) in [6.07, 6.45) is 5.03. The molecular weight excluding hydrogens is 342 g/mol. The number of para-hydroxylation sites is 1. The third kappa shape index (κ3) is 2.10. The third-order valence-electron chi connectivity index (χ3n) is 6.32. The van der Waals surface area contributed by atoms with E-state index in [0.717, 1.165) is 22.2 Å². The zero-order valence-corrected chi connectivity index (χ0v) is 15.5. The fourth-order valence-corrected chi connectivity index (χ4v) is 4.83. The average Bonchev–Trinajstić information content (AvgIpc) is 3.20. The maximum absolute atomic E-state index is 13.2. The number of carbonyl (C=O) groups is 2. The quantitative estimate of drug-likeness (QED) is 0.750. The van der Waals surface area contributed by atoms with E-state index in [1.54, 1.807) is 6.20 Å². The van der Waals surface area contributed by atoms with Crippen molar-refractivity contribution in [2.75, 3.05) is 6.54 Å². The normalized spacial score (nSPS) is 30.6. The number of piperazine rings is 1. The zero-order valence-electron chi connectivity index (χ0n) is 15.5. The second kappa shape index (κ2) is 5.23. The van der Waals surface area contributed by atoms with Gasteiger partial charge >= 0.3 is 0 Å². The van der Waals surface area contributed by atoms with Gasteiger partial charge in [-0.3, -0.25) is 9.59 Å². The van der Waals surface area contributed by atoms with Crippen molar-refractivity contribution in [3.8, 4) is 0 Å². The molecule has 140 valence electrons. The van der Waals surface area contributed by atoms with Gasteiger partial charge in [-0.25, -0.2) is 0 Å². The van der Waals surface area contributed by atoms with Gasteiger partial charge in [0.1, 0.15) is 6.04 Å². The molecule has 6 nitrogen and oxygen atoms in total. The first-order valence-electron chi connectivity index (χ1n) is 9.49. The van der Waals surface area contributed by atoms with E-state index in [2.05, 4.69) is 24.9 Å². The van der Waals surface area contributed by atoms with Gasteiger partial charge in [-0.05, 0) is 18.1 Å². The van der Waals surface area contributed by atoms with Gasteiger partial charge in [-0.15, -0.1) is 0 Å². The van der Waals surface area contributed by atoms with E-state index in [-0.39, 0.29) is 17.2 Å².